The van der Waals surface area contributed by atoms with Crippen LogP contribution in [0.1, 0.15) is 5.69 Å². The van der Waals surface area contributed by atoms with E-state index in [9.17, 15) is 4.79 Å². The van der Waals surface area contributed by atoms with Crippen LogP contribution in [0, 0.1) is 0 Å². The second-order valence-electron chi connectivity index (χ2n) is 1.87. The Morgan fingerprint density at radius 3 is 2.91 bits per heavy atom. The molecule has 0 saturated carbocycles. The number of nitrogens with two attached hydrogens (primary N) is 1. The van der Waals surface area contributed by atoms with Gasteiger partial charge in [-0.1, -0.05) is 0 Å². The highest BCUT2D eigenvalue weighted by atomic mass is 79.9. The van der Waals surface area contributed by atoms with Crippen molar-refractivity contribution in [2.75, 3.05) is 5.73 Å². The first-order chi connectivity index (χ1) is 5.15. The average molecular weight is 220 g/mol. The molecule has 0 aliphatic rings. The topological polar surface area (TPSA) is 92.0 Å². The first kappa shape index (κ1) is 8.22. The van der Waals surface area contributed by atoms with E-state index < -0.39 is 0 Å². The smallest absolute Gasteiger partial charge is 0.266 e. The fraction of sp³-hybridized carbons (Fsp3) is 0.200. The van der Waals surface area contributed by atoms with Gasteiger partial charge in [-0.2, -0.15) is 0 Å². The van der Waals surface area contributed by atoms with Gasteiger partial charge in [0.1, 0.15) is 4.47 Å². The van der Waals surface area contributed by atoms with E-state index in [0.29, 0.717) is 0 Å². The van der Waals surface area contributed by atoms with Gasteiger partial charge in [0.05, 0.1) is 12.3 Å². The van der Waals surface area contributed by atoms with E-state index in [2.05, 4.69) is 25.9 Å². The van der Waals surface area contributed by atoms with Crippen LogP contribution in [0.4, 0.5) is 5.95 Å². The fourth-order valence-electron chi connectivity index (χ4n) is 0.629. The van der Waals surface area contributed by atoms with Crippen molar-refractivity contribution in [3.63, 3.8) is 0 Å². The summed E-state index contributed by atoms with van der Waals surface area (Å²) in [4.78, 5) is 16.8. The number of aliphatic hydroxyl groups is 1. The van der Waals surface area contributed by atoms with Crippen LogP contribution in [0.3, 0.4) is 0 Å². The maximum Gasteiger partial charge on any atom is 0.266 e. The Hall–Kier alpha value is -0.880. The van der Waals surface area contributed by atoms with Crippen LogP contribution in [0.15, 0.2) is 9.27 Å². The number of aromatic nitrogens is 2. The molecule has 60 valence electrons. The predicted octanol–water partition coefficient (Wildman–Crippen LogP) is -0.393. The summed E-state index contributed by atoms with van der Waals surface area (Å²) < 4.78 is 0.217. The average Bonchev–Trinajstić information content (AvgIpc) is 1.96. The molecular formula is C5H6BrN3O2. The van der Waals surface area contributed by atoms with E-state index in [4.69, 9.17) is 10.8 Å². The largest absolute Gasteiger partial charge is 0.390 e. The van der Waals surface area contributed by atoms with Gasteiger partial charge in [-0.15, -0.1) is 0 Å². The van der Waals surface area contributed by atoms with Crippen LogP contribution in [0.25, 0.3) is 0 Å². The third kappa shape index (κ3) is 1.58. The molecule has 0 atom stereocenters. The van der Waals surface area contributed by atoms with E-state index in [1.165, 1.54) is 0 Å². The molecule has 11 heavy (non-hydrogen) atoms. The molecule has 0 spiro atoms. The van der Waals surface area contributed by atoms with Crippen LogP contribution in [0.5, 0.6) is 0 Å². The minimum absolute atomic E-state index is 0.00208. The molecule has 0 aromatic carbocycles. The number of hydrogen-bond acceptors (Lipinski definition) is 4. The Kier molecular flexibility index (Phi) is 2.25. The lowest BCUT2D eigenvalue weighted by atomic mass is 10.4. The van der Waals surface area contributed by atoms with Gasteiger partial charge < -0.3 is 10.8 Å². The maximum absolute atomic E-state index is 10.9. The number of aliphatic hydroxyl groups excluding tert-OH is 1. The van der Waals surface area contributed by atoms with Gasteiger partial charge in [-0.05, 0) is 15.9 Å². The van der Waals surface area contributed by atoms with E-state index in [-0.39, 0.29) is 28.3 Å². The SMILES string of the molecule is Nc1nc(CO)c(Br)c(=O)[nH]1. The van der Waals surface area contributed by atoms with Gasteiger partial charge in [0.25, 0.3) is 5.56 Å². The van der Waals surface area contributed by atoms with E-state index >= 15 is 0 Å². The number of anilines is 1. The Morgan fingerprint density at radius 2 is 2.36 bits per heavy atom. The van der Waals surface area contributed by atoms with E-state index in [0.717, 1.165) is 0 Å². The molecular weight excluding hydrogens is 214 g/mol. The number of nitrogens with one attached hydrogen (secondary N) is 1. The Bertz CT molecular complexity index is 322. The number of hydrogen-bond donors (Lipinski definition) is 3. The molecule has 0 aliphatic heterocycles. The number of H-pyrrole nitrogens is 1. The molecule has 6 heteroatoms. The monoisotopic (exact) mass is 219 g/mol. The van der Waals surface area contributed by atoms with Crippen LogP contribution in [-0.4, -0.2) is 15.1 Å². The van der Waals surface area contributed by atoms with Gasteiger partial charge in [0.15, 0.2) is 0 Å². The molecule has 0 amide bonds. The van der Waals surface area contributed by atoms with Crippen molar-refractivity contribution < 1.29 is 5.11 Å². The highest BCUT2D eigenvalue weighted by Gasteiger charge is 2.04. The zero-order valence-corrected chi connectivity index (χ0v) is 7.05. The van der Waals surface area contributed by atoms with Crippen LogP contribution in [-0.2, 0) is 6.61 Å². The summed E-state index contributed by atoms with van der Waals surface area (Å²) in [6.45, 7) is -0.311. The zero-order chi connectivity index (χ0) is 8.43. The van der Waals surface area contributed by atoms with Crippen LogP contribution in [0.2, 0.25) is 0 Å². The second-order valence-corrected chi connectivity index (χ2v) is 2.66. The summed E-state index contributed by atoms with van der Waals surface area (Å²) in [6, 6.07) is 0. The van der Waals surface area contributed by atoms with Crippen molar-refractivity contribution in [2.24, 2.45) is 0 Å². The van der Waals surface area contributed by atoms with Crippen LogP contribution >= 0.6 is 15.9 Å². The Morgan fingerprint density at radius 1 is 1.73 bits per heavy atom. The molecule has 0 fully saturated rings. The second kappa shape index (κ2) is 3.02. The van der Waals surface area contributed by atoms with Crippen molar-refractivity contribution >= 4 is 21.9 Å². The quantitative estimate of drug-likeness (QED) is 0.600. The van der Waals surface area contributed by atoms with Crippen molar-refractivity contribution in [3.05, 3.63) is 20.5 Å². The minimum atomic E-state index is -0.387. The molecule has 1 aromatic heterocycles. The van der Waals surface area contributed by atoms with Gasteiger partial charge in [0.2, 0.25) is 5.95 Å². The van der Waals surface area contributed by atoms with Crippen molar-refractivity contribution in [1.82, 2.24) is 9.97 Å². The van der Waals surface area contributed by atoms with Crippen molar-refractivity contribution in [2.45, 2.75) is 6.61 Å². The number of halogens is 1. The normalized spacial score (nSPS) is 10.0. The number of nitrogens with zero attached hydrogens (tertiary/aromatic N) is 1. The van der Waals surface area contributed by atoms with Crippen LogP contribution < -0.4 is 11.3 Å². The summed E-state index contributed by atoms with van der Waals surface area (Å²) in [7, 11) is 0. The molecule has 1 rings (SSSR count). The molecule has 4 N–H and O–H groups in total. The molecule has 0 saturated heterocycles. The molecule has 0 radical (unpaired) electrons. The van der Waals surface area contributed by atoms with E-state index in [1.807, 2.05) is 0 Å². The zero-order valence-electron chi connectivity index (χ0n) is 5.47. The Balaban J connectivity index is 3.36. The molecule has 1 heterocycles. The van der Waals surface area contributed by atoms with Gasteiger partial charge in [0, 0.05) is 0 Å². The van der Waals surface area contributed by atoms with Crippen molar-refractivity contribution in [1.29, 1.82) is 0 Å². The van der Waals surface area contributed by atoms with Gasteiger partial charge >= 0.3 is 0 Å². The number of rotatable bonds is 1. The molecule has 5 nitrogen and oxygen atoms in total. The molecule has 1 aromatic rings. The summed E-state index contributed by atoms with van der Waals surface area (Å²) in [5, 5.41) is 8.67. The Labute approximate surface area is 70.4 Å². The lowest BCUT2D eigenvalue weighted by molar-refractivity contribution is 0.275. The molecule has 0 unspecified atom stereocenters. The summed E-state index contributed by atoms with van der Waals surface area (Å²) in [6.07, 6.45) is 0. The molecule has 0 bridgehead atoms. The standard InChI is InChI=1S/C5H6BrN3O2/c6-3-2(1-10)8-5(7)9-4(3)11/h10H,1H2,(H3,7,8,9,11). The number of aromatic amines is 1. The highest BCUT2D eigenvalue weighted by Crippen LogP contribution is 2.08. The highest BCUT2D eigenvalue weighted by molar-refractivity contribution is 9.10. The molecule has 0 aliphatic carbocycles. The van der Waals surface area contributed by atoms with E-state index in [1.54, 1.807) is 0 Å². The lowest BCUT2D eigenvalue weighted by Gasteiger charge is -1.98. The third-order valence-electron chi connectivity index (χ3n) is 1.10. The van der Waals surface area contributed by atoms with Gasteiger partial charge in [-0.3, -0.25) is 9.78 Å². The maximum atomic E-state index is 10.9. The third-order valence-corrected chi connectivity index (χ3v) is 1.92. The fourth-order valence-corrected chi connectivity index (χ4v) is 0.943. The first-order valence-corrected chi connectivity index (χ1v) is 3.59. The summed E-state index contributed by atoms with van der Waals surface area (Å²) in [5.41, 5.74) is 5.06. The number of nitrogen functional groups attached to an aromatic ring is 1. The predicted molar refractivity (Wildman–Crippen MR) is 42.9 cm³/mol. The minimum Gasteiger partial charge on any atom is -0.390 e. The van der Waals surface area contributed by atoms with Crippen molar-refractivity contribution in [3.8, 4) is 0 Å². The first-order valence-electron chi connectivity index (χ1n) is 2.80. The summed E-state index contributed by atoms with van der Waals surface area (Å²) in [5.74, 6) is 0.00208. The van der Waals surface area contributed by atoms with Gasteiger partial charge in [-0.25, -0.2) is 4.98 Å². The lowest BCUT2D eigenvalue weighted by Crippen LogP contribution is -2.14. The summed E-state index contributed by atoms with van der Waals surface area (Å²) >= 11 is 2.95.